The zero-order valence-electron chi connectivity index (χ0n) is 11.5. The number of aromatic nitrogens is 1. The van der Waals surface area contributed by atoms with Crippen molar-refractivity contribution in [2.24, 2.45) is 0 Å². The van der Waals surface area contributed by atoms with E-state index in [0.717, 1.165) is 12.8 Å². The first-order chi connectivity index (χ1) is 10.1. The number of rotatable bonds is 6. The van der Waals surface area contributed by atoms with Crippen LogP contribution >= 0.6 is 0 Å². The molecule has 0 fully saturated rings. The summed E-state index contributed by atoms with van der Waals surface area (Å²) in [5.74, 6) is -1.02. The van der Waals surface area contributed by atoms with Gasteiger partial charge in [-0.05, 0) is 30.5 Å². The van der Waals surface area contributed by atoms with E-state index in [1.165, 1.54) is 11.6 Å². The van der Waals surface area contributed by atoms with Crippen LogP contribution in [0.25, 0.3) is 0 Å². The van der Waals surface area contributed by atoms with E-state index >= 15 is 0 Å². The summed E-state index contributed by atoms with van der Waals surface area (Å²) in [7, 11) is 0. The average molecular weight is 284 g/mol. The standard InChI is InChI=1S/C16H16N2O3/c19-15(11-4-8-12-6-2-1-3-7-12)18-14-10-5-9-13(17-14)16(20)21/h1-3,5-7,9-10H,4,8,11H2,(H,20,21)(H,17,18,19). The van der Waals surface area contributed by atoms with Crippen LogP contribution in [0, 0.1) is 0 Å². The second kappa shape index (κ2) is 7.19. The van der Waals surface area contributed by atoms with Crippen molar-refractivity contribution in [1.82, 2.24) is 4.98 Å². The first kappa shape index (κ1) is 14.7. The quantitative estimate of drug-likeness (QED) is 0.854. The van der Waals surface area contributed by atoms with E-state index in [1.807, 2.05) is 30.3 Å². The number of benzene rings is 1. The zero-order chi connectivity index (χ0) is 15.1. The Morgan fingerprint density at radius 3 is 2.52 bits per heavy atom. The number of carbonyl (C=O) groups excluding carboxylic acids is 1. The largest absolute Gasteiger partial charge is 0.477 e. The number of hydrogen-bond acceptors (Lipinski definition) is 3. The van der Waals surface area contributed by atoms with Gasteiger partial charge in [-0.1, -0.05) is 36.4 Å². The number of hydrogen-bond donors (Lipinski definition) is 2. The second-order valence-corrected chi connectivity index (χ2v) is 4.60. The lowest BCUT2D eigenvalue weighted by molar-refractivity contribution is -0.116. The number of nitrogens with zero attached hydrogens (tertiary/aromatic N) is 1. The summed E-state index contributed by atoms with van der Waals surface area (Å²) in [6.45, 7) is 0. The average Bonchev–Trinajstić information content (AvgIpc) is 2.48. The van der Waals surface area contributed by atoms with Gasteiger partial charge in [-0.3, -0.25) is 4.79 Å². The van der Waals surface area contributed by atoms with Gasteiger partial charge in [0.1, 0.15) is 5.82 Å². The third kappa shape index (κ3) is 4.72. The highest BCUT2D eigenvalue weighted by Gasteiger charge is 2.07. The molecule has 2 N–H and O–H groups in total. The van der Waals surface area contributed by atoms with Crippen molar-refractivity contribution in [3.63, 3.8) is 0 Å². The number of amides is 1. The van der Waals surface area contributed by atoms with Gasteiger partial charge in [0.15, 0.2) is 5.69 Å². The van der Waals surface area contributed by atoms with E-state index < -0.39 is 5.97 Å². The van der Waals surface area contributed by atoms with Crippen LogP contribution in [0.5, 0.6) is 0 Å². The minimum Gasteiger partial charge on any atom is -0.477 e. The lowest BCUT2D eigenvalue weighted by Crippen LogP contribution is -2.13. The summed E-state index contributed by atoms with van der Waals surface area (Å²) < 4.78 is 0. The smallest absolute Gasteiger partial charge is 0.354 e. The SMILES string of the molecule is O=C(CCCc1ccccc1)Nc1cccc(C(=O)O)n1. The molecule has 0 aliphatic rings. The predicted octanol–water partition coefficient (Wildman–Crippen LogP) is 2.74. The molecule has 0 saturated heterocycles. The molecule has 0 aliphatic carbocycles. The topological polar surface area (TPSA) is 79.3 Å². The molecule has 5 heteroatoms. The van der Waals surface area contributed by atoms with Crippen LogP contribution in [0.15, 0.2) is 48.5 Å². The molecule has 2 rings (SSSR count). The van der Waals surface area contributed by atoms with Gasteiger partial charge in [-0.2, -0.15) is 0 Å². The molecule has 0 atom stereocenters. The van der Waals surface area contributed by atoms with E-state index in [4.69, 9.17) is 5.11 Å². The fourth-order valence-electron chi connectivity index (χ4n) is 1.93. The second-order valence-electron chi connectivity index (χ2n) is 4.60. The Balaban J connectivity index is 1.82. The summed E-state index contributed by atoms with van der Waals surface area (Å²) in [5, 5.41) is 11.4. The molecule has 1 heterocycles. The highest BCUT2D eigenvalue weighted by Crippen LogP contribution is 2.08. The van der Waals surface area contributed by atoms with Crippen LogP contribution in [-0.4, -0.2) is 22.0 Å². The van der Waals surface area contributed by atoms with Crippen LogP contribution < -0.4 is 5.32 Å². The van der Waals surface area contributed by atoms with Crippen molar-refractivity contribution in [1.29, 1.82) is 0 Å². The molecule has 0 aliphatic heterocycles. The third-order valence-electron chi connectivity index (χ3n) is 2.95. The fourth-order valence-corrected chi connectivity index (χ4v) is 1.93. The summed E-state index contributed by atoms with van der Waals surface area (Å²) in [4.78, 5) is 26.4. The lowest BCUT2D eigenvalue weighted by Gasteiger charge is -2.05. The number of anilines is 1. The molecular formula is C16H16N2O3. The molecule has 0 radical (unpaired) electrons. The molecule has 0 unspecified atom stereocenters. The Kier molecular flexibility index (Phi) is 5.04. The summed E-state index contributed by atoms with van der Waals surface area (Å²) in [5.41, 5.74) is 1.10. The van der Waals surface area contributed by atoms with Gasteiger partial charge < -0.3 is 10.4 Å². The van der Waals surface area contributed by atoms with Gasteiger partial charge in [0, 0.05) is 6.42 Å². The molecule has 1 amide bonds. The lowest BCUT2D eigenvalue weighted by atomic mass is 10.1. The maximum Gasteiger partial charge on any atom is 0.354 e. The number of pyridine rings is 1. The van der Waals surface area contributed by atoms with Crippen molar-refractivity contribution in [2.75, 3.05) is 5.32 Å². The zero-order valence-corrected chi connectivity index (χ0v) is 11.5. The van der Waals surface area contributed by atoms with E-state index in [1.54, 1.807) is 12.1 Å². The van der Waals surface area contributed by atoms with Crippen molar-refractivity contribution < 1.29 is 14.7 Å². The number of carboxylic acids is 1. The Labute approximate surface area is 122 Å². The van der Waals surface area contributed by atoms with E-state index in [0.29, 0.717) is 6.42 Å². The fraction of sp³-hybridized carbons (Fsp3) is 0.188. The van der Waals surface area contributed by atoms with Crippen molar-refractivity contribution in [2.45, 2.75) is 19.3 Å². The monoisotopic (exact) mass is 284 g/mol. The van der Waals surface area contributed by atoms with Crippen LogP contribution in [0.4, 0.5) is 5.82 Å². The highest BCUT2D eigenvalue weighted by molar-refractivity contribution is 5.91. The molecule has 1 aromatic carbocycles. The first-order valence-electron chi connectivity index (χ1n) is 6.69. The third-order valence-corrected chi connectivity index (χ3v) is 2.95. The molecule has 1 aromatic heterocycles. The normalized spacial score (nSPS) is 10.1. The van der Waals surface area contributed by atoms with Crippen LogP contribution in [0.3, 0.4) is 0 Å². The molecule has 0 saturated carbocycles. The Hall–Kier alpha value is -2.69. The van der Waals surface area contributed by atoms with Gasteiger partial charge in [-0.25, -0.2) is 9.78 Å². The molecule has 5 nitrogen and oxygen atoms in total. The number of carbonyl (C=O) groups is 2. The minimum atomic E-state index is -1.12. The molecule has 21 heavy (non-hydrogen) atoms. The number of aromatic carboxylic acids is 1. The maximum absolute atomic E-state index is 11.8. The van der Waals surface area contributed by atoms with E-state index in [-0.39, 0.29) is 17.4 Å². The highest BCUT2D eigenvalue weighted by atomic mass is 16.4. The van der Waals surface area contributed by atoms with Gasteiger partial charge in [0.2, 0.25) is 5.91 Å². The number of aryl methyl sites for hydroxylation is 1. The first-order valence-corrected chi connectivity index (χ1v) is 6.69. The predicted molar refractivity (Wildman–Crippen MR) is 79.2 cm³/mol. The molecule has 0 spiro atoms. The number of carboxylic acid groups (broad SMARTS) is 1. The van der Waals surface area contributed by atoms with Gasteiger partial charge in [0.25, 0.3) is 0 Å². The van der Waals surface area contributed by atoms with E-state index in [9.17, 15) is 9.59 Å². The van der Waals surface area contributed by atoms with Gasteiger partial charge in [-0.15, -0.1) is 0 Å². The Morgan fingerprint density at radius 1 is 1.05 bits per heavy atom. The van der Waals surface area contributed by atoms with Crippen molar-refractivity contribution in [3.05, 3.63) is 59.8 Å². The van der Waals surface area contributed by atoms with Crippen molar-refractivity contribution in [3.8, 4) is 0 Å². The Bertz CT molecular complexity index is 626. The van der Waals surface area contributed by atoms with Crippen LogP contribution in [0.1, 0.15) is 28.9 Å². The van der Waals surface area contributed by atoms with Crippen LogP contribution in [-0.2, 0) is 11.2 Å². The van der Waals surface area contributed by atoms with E-state index in [2.05, 4.69) is 10.3 Å². The molecular weight excluding hydrogens is 268 g/mol. The molecule has 0 bridgehead atoms. The molecule has 2 aromatic rings. The summed E-state index contributed by atoms with van der Waals surface area (Å²) in [6, 6.07) is 14.4. The summed E-state index contributed by atoms with van der Waals surface area (Å²) >= 11 is 0. The van der Waals surface area contributed by atoms with Gasteiger partial charge in [0.05, 0.1) is 0 Å². The maximum atomic E-state index is 11.8. The summed E-state index contributed by atoms with van der Waals surface area (Å²) in [6.07, 6.45) is 1.93. The van der Waals surface area contributed by atoms with Crippen molar-refractivity contribution >= 4 is 17.7 Å². The minimum absolute atomic E-state index is 0.0860. The Morgan fingerprint density at radius 2 is 1.81 bits per heavy atom. The van der Waals surface area contributed by atoms with Crippen LogP contribution in [0.2, 0.25) is 0 Å². The number of nitrogens with one attached hydrogen (secondary N) is 1. The van der Waals surface area contributed by atoms with Gasteiger partial charge >= 0.3 is 5.97 Å². The molecule has 108 valence electrons.